The molecule has 0 aliphatic rings. The van der Waals surface area contributed by atoms with Crippen LogP contribution in [0.2, 0.25) is 0 Å². The van der Waals surface area contributed by atoms with E-state index >= 15 is 0 Å². The van der Waals surface area contributed by atoms with E-state index in [1.807, 2.05) is 0 Å². The van der Waals surface area contributed by atoms with Gasteiger partial charge in [0.2, 0.25) is 5.91 Å². The van der Waals surface area contributed by atoms with Gasteiger partial charge in [-0.3, -0.25) is 19.3 Å². The van der Waals surface area contributed by atoms with Gasteiger partial charge in [-0.1, -0.05) is 30.3 Å². The van der Waals surface area contributed by atoms with Gasteiger partial charge in [0, 0.05) is 12.2 Å². The standard InChI is InChI=1S/C21H20FN5O3S/c1-12(20(29)25-11-13-7-9-14(22)10-8-13)27(15-5-3-2-4-6-15)21(30)18-16(23)17(19(24)28)26-31-18/h2-10,12H,11,23H2,1H3,(H2,24,28)(H,25,29)/t12-/m1/s1. The van der Waals surface area contributed by atoms with Crippen molar-refractivity contribution >= 4 is 40.6 Å². The van der Waals surface area contributed by atoms with E-state index < -0.39 is 23.8 Å². The number of nitrogen functional groups attached to an aromatic ring is 1. The maximum Gasteiger partial charge on any atom is 0.272 e. The molecule has 0 saturated heterocycles. The number of anilines is 2. The lowest BCUT2D eigenvalue weighted by atomic mass is 10.1. The van der Waals surface area contributed by atoms with E-state index in [0.29, 0.717) is 11.3 Å². The van der Waals surface area contributed by atoms with Crippen LogP contribution < -0.4 is 21.7 Å². The van der Waals surface area contributed by atoms with Crippen molar-refractivity contribution in [3.8, 4) is 0 Å². The van der Waals surface area contributed by atoms with Gasteiger partial charge >= 0.3 is 0 Å². The molecule has 3 aromatic rings. The van der Waals surface area contributed by atoms with Crippen LogP contribution in [0.5, 0.6) is 0 Å². The van der Waals surface area contributed by atoms with Crippen LogP contribution in [0.3, 0.4) is 0 Å². The van der Waals surface area contributed by atoms with Gasteiger partial charge in [-0.2, -0.15) is 4.37 Å². The predicted octanol–water partition coefficient (Wildman–Crippen LogP) is 2.32. The Labute approximate surface area is 181 Å². The molecular formula is C21H20FN5O3S. The van der Waals surface area contributed by atoms with Crippen LogP contribution in [0.25, 0.3) is 0 Å². The monoisotopic (exact) mass is 441 g/mol. The van der Waals surface area contributed by atoms with Gasteiger partial charge in [0.25, 0.3) is 11.8 Å². The number of carbonyl (C=O) groups is 3. The number of primary amides is 1. The topological polar surface area (TPSA) is 131 Å². The van der Waals surface area contributed by atoms with Crippen LogP contribution in [0.15, 0.2) is 54.6 Å². The summed E-state index contributed by atoms with van der Waals surface area (Å²) in [6, 6.07) is 13.4. The number of nitrogens with two attached hydrogens (primary N) is 2. The van der Waals surface area contributed by atoms with Crippen LogP contribution in [-0.2, 0) is 11.3 Å². The predicted molar refractivity (Wildman–Crippen MR) is 116 cm³/mol. The minimum atomic E-state index is -0.922. The Bertz CT molecular complexity index is 1100. The average molecular weight is 441 g/mol. The van der Waals surface area contributed by atoms with Crippen LogP contribution in [0, 0.1) is 5.82 Å². The molecule has 0 bridgehead atoms. The summed E-state index contributed by atoms with van der Waals surface area (Å²) >= 11 is 0.742. The number of benzene rings is 2. The largest absolute Gasteiger partial charge is 0.395 e. The molecule has 160 valence electrons. The number of halogens is 1. The molecule has 0 aliphatic heterocycles. The van der Waals surface area contributed by atoms with Crippen molar-refractivity contribution in [3.05, 3.63) is 76.5 Å². The zero-order chi connectivity index (χ0) is 22.5. The molecule has 0 spiro atoms. The van der Waals surface area contributed by atoms with Gasteiger partial charge in [0.05, 0.1) is 5.69 Å². The molecule has 1 atom stereocenters. The van der Waals surface area contributed by atoms with E-state index in [9.17, 15) is 18.8 Å². The molecular weight excluding hydrogens is 421 g/mol. The number of nitrogens with one attached hydrogen (secondary N) is 1. The first-order valence-electron chi connectivity index (χ1n) is 9.25. The summed E-state index contributed by atoms with van der Waals surface area (Å²) in [6.45, 7) is 1.73. The summed E-state index contributed by atoms with van der Waals surface area (Å²) in [4.78, 5) is 38.9. The van der Waals surface area contributed by atoms with Crippen LogP contribution in [0.4, 0.5) is 15.8 Å². The summed E-state index contributed by atoms with van der Waals surface area (Å²) in [7, 11) is 0. The van der Waals surface area contributed by atoms with Crippen molar-refractivity contribution in [1.82, 2.24) is 9.69 Å². The minimum Gasteiger partial charge on any atom is -0.395 e. The maximum atomic E-state index is 13.3. The van der Waals surface area contributed by atoms with Gasteiger partial charge in [-0.25, -0.2) is 4.39 Å². The van der Waals surface area contributed by atoms with E-state index in [1.165, 1.54) is 17.0 Å². The number of hydrogen-bond donors (Lipinski definition) is 3. The van der Waals surface area contributed by atoms with E-state index in [-0.39, 0.29) is 28.6 Å². The molecule has 2 aromatic carbocycles. The van der Waals surface area contributed by atoms with E-state index in [1.54, 1.807) is 49.4 Å². The highest BCUT2D eigenvalue weighted by atomic mass is 32.1. The number of carbonyl (C=O) groups excluding carboxylic acids is 3. The minimum absolute atomic E-state index is 0.0100. The summed E-state index contributed by atoms with van der Waals surface area (Å²) < 4.78 is 16.9. The van der Waals surface area contributed by atoms with Gasteiger partial charge in [-0.15, -0.1) is 0 Å². The Morgan fingerprint density at radius 2 is 1.77 bits per heavy atom. The van der Waals surface area contributed by atoms with Crippen molar-refractivity contribution in [2.45, 2.75) is 19.5 Å². The number of nitrogens with zero attached hydrogens (tertiary/aromatic N) is 2. The lowest BCUT2D eigenvalue weighted by molar-refractivity contribution is -0.122. The molecule has 0 aliphatic carbocycles. The molecule has 0 saturated carbocycles. The molecule has 10 heteroatoms. The number of hydrogen-bond acceptors (Lipinski definition) is 6. The first kappa shape index (κ1) is 21.9. The second-order valence-electron chi connectivity index (χ2n) is 6.67. The fourth-order valence-corrected chi connectivity index (χ4v) is 3.64. The Kier molecular flexibility index (Phi) is 6.61. The maximum absolute atomic E-state index is 13.3. The lowest BCUT2D eigenvalue weighted by Gasteiger charge is -2.28. The third-order valence-corrected chi connectivity index (χ3v) is 5.41. The number of rotatable bonds is 7. The Balaban J connectivity index is 1.86. The van der Waals surface area contributed by atoms with E-state index in [2.05, 4.69) is 9.69 Å². The Morgan fingerprint density at radius 3 is 2.35 bits per heavy atom. The Morgan fingerprint density at radius 1 is 1.13 bits per heavy atom. The molecule has 31 heavy (non-hydrogen) atoms. The van der Waals surface area contributed by atoms with E-state index in [4.69, 9.17) is 11.5 Å². The van der Waals surface area contributed by atoms with Crippen LogP contribution >= 0.6 is 11.5 Å². The highest BCUT2D eigenvalue weighted by Crippen LogP contribution is 2.27. The molecule has 0 radical (unpaired) electrons. The fraction of sp³-hybridized carbons (Fsp3) is 0.143. The van der Waals surface area contributed by atoms with Crippen molar-refractivity contribution < 1.29 is 18.8 Å². The zero-order valence-electron chi connectivity index (χ0n) is 16.5. The van der Waals surface area contributed by atoms with Gasteiger partial charge in [0.1, 0.15) is 16.7 Å². The normalized spacial score (nSPS) is 11.5. The Hall–Kier alpha value is -3.79. The molecule has 0 unspecified atom stereocenters. The number of aromatic nitrogens is 1. The smallest absolute Gasteiger partial charge is 0.272 e. The molecule has 1 aromatic heterocycles. The molecule has 8 nitrogen and oxygen atoms in total. The summed E-state index contributed by atoms with van der Waals surface area (Å²) in [5, 5.41) is 2.74. The highest BCUT2D eigenvalue weighted by molar-refractivity contribution is 7.09. The third-order valence-electron chi connectivity index (χ3n) is 4.56. The second-order valence-corrected chi connectivity index (χ2v) is 7.44. The molecule has 5 N–H and O–H groups in total. The molecule has 3 amide bonds. The fourth-order valence-electron chi connectivity index (χ4n) is 2.90. The molecule has 3 rings (SSSR count). The lowest BCUT2D eigenvalue weighted by Crippen LogP contribution is -2.48. The number of amides is 3. The molecule has 0 fully saturated rings. The van der Waals surface area contributed by atoms with Gasteiger partial charge in [0.15, 0.2) is 5.69 Å². The summed E-state index contributed by atoms with van der Waals surface area (Å²) in [5.74, 6) is -2.23. The third kappa shape index (κ3) is 4.86. The van der Waals surface area contributed by atoms with Crippen LogP contribution in [0.1, 0.15) is 32.6 Å². The van der Waals surface area contributed by atoms with Gasteiger partial charge < -0.3 is 16.8 Å². The highest BCUT2D eigenvalue weighted by Gasteiger charge is 2.32. The molecule has 1 heterocycles. The summed E-state index contributed by atoms with van der Waals surface area (Å²) in [5.41, 5.74) is 12.0. The average Bonchev–Trinajstić information content (AvgIpc) is 3.15. The van der Waals surface area contributed by atoms with Gasteiger partial charge in [-0.05, 0) is 48.3 Å². The van der Waals surface area contributed by atoms with Crippen molar-refractivity contribution in [1.29, 1.82) is 0 Å². The van der Waals surface area contributed by atoms with Crippen LogP contribution in [-0.4, -0.2) is 28.1 Å². The quantitative estimate of drug-likeness (QED) is 0.518. The SMILES string of the molecule is C[C@H](C(=O)NCc1ccc(F)cc1)N(C(=O)c1snc(C(N)=O)c1N)c1ccccc1. The van der Waals surface area contributed by atoms with Crippen molar-refractivity contribution in [2.24, 2.45) is 5.73 Å². The van der Waals surface area contributed by atoms with Crippen molar-refractivity contribution in [3.63, 3.8) is 0 Å². The first-order valence-corrected chi connectivity index (χ1v) is 10.0. The second kappa shape index (κ2) is 9.35. The first-order chi connectivity index (χ1) is 14.8. The zero-order valence-corrected chi connectivity index (χ0v) is 17.4. The van der Waals surface area contributed by atoms with E-state index in [0.717, 1.165) is 11.5 Å². The summed E-state index contributed by atoms with van der Waals surface area (Å²) in [6.07, 6.45) is 0. The van der Waals surface area contributed by atoms with Crippen molar-refractivity contribution in [2.75, 3.05) is 10.6 Å². The number of para-hydroxylation sites is 1.